The lowest BCUT2D eigenvalue weighted by molar-refractivity contribution is 0.724. The van der Waals surface area contributed by atoms with Gasteiger partial charge in [-0.1, -0.05) is 24.3 Å². The lowest BCUT2D eigenvalue weighted by atomic mass is 9.99. The summed E-state index contributed by atoms with van der Waals surface area (Å²) in [5.41, 5.74) is 19.1. The first-order chi connectivity index (χ1) is 19.7. The van der Waals surface area contributed by atoms with E-state index in [1.54, 1.807) is 0 Å². The molecule has 0 spiro atoms. The van der Waals surface area contributed by atoms with Crippen LogP contribution in [0.15, 0.2) is 60.9 Å². The van der Waals surface area contributed by atoms with E-state index in [2.05, 4.69) is 91.3 Å². The van der Waals surface area contributed by atoms with Crippen molar-refractivity contribution in [2.45, 2.75) is 38.5 Å². The summed E-state index contributed by atoms with van der Waals surface area (Å²) in [6.07, 6.45) is 17.6. The van der Waals surface area contributed by atoms with Crippen LogP contribution in [0.3, 0.4) is 0 Å². The fourth-order valence-electron chi connectivity index (χ4n) is 4.93. The van der Waals surface area contributed by atoms with Gasteiger partial charge < -0.3 is 21.4 Å². The van der Waals surface area contributed by atoms with Crippen molar-refractivity contribution in [2.75, 3.05) is 13.1 Å². The highest BCUT2D eigenvalue weighted by atomic mass is 15.0. The van der Waals surface area contributed by atoms with Gasteiger partial charge >= 0.3 is 0 Å². The highest BCUT2D eigenvalue weighted by molar-refractivity contribution is 5.92. The van der Waals surface area contributed by atoms with Crippen molar-refractivity contribution in [3.8, 4) is 35.1 Å². The number of nitrogens with zero attached hydrogens (tertiary/aromatic N) is 4. The number of fused-ring (bicyclic) bond motifs is 3. The molecular weight excluding hydrogens is 496 g/mol. The third kappa shape index (κ3) is 5.86. The number of pyridine rings is 2. The Morgan fingerprint density at radius 3 is 1.45 bits per heavy atom. The van der Waals surface area contributed by atoms with E-state index in [0.717, 1.165) is 94.8 Å². The Bertz CT molecular complexity index is 1630. The van der Waals surface area contributed by atoms with E-state index in [-0.39, 0.29) is 0 Å². The molecule has 0 fully saturated rings. The van der Waals surface area contributed by atoms with E-state index in [0.29, 0.717) is 13.1 Å². The second-order valence-corrected chi connectivity index (χ2v) is 9.83. The molecule has 4 heterocycles. The van der Waals surface area contributed by atoms with Crippen molar-refractivity contribution in [3.63, 3.8) is 0 Å². The van der Waals surface area contributed by atoms with Gasteiger partial charge in [0.05, 0.1) is 11.0 Å². The van der Waals surface area contributed by atoms with Crippen LogP contribution in [-0.4, -0.2) is 43.0 Å². The molecule has 40 heavy (non-hydrogen) atoms. The molecule has 0 saturated heterocycles. The summed E-state index contributed by atoms with van der Waals surface area (Å²) in [6.45, 7) is 1.42. The molecule has 0 aliphatic heterocycles. The number of aromatic nitrogens is 6. The first-order valence-corrected chi connectivity index (χ1v) is 13.7. The molecule has 0 unspecified atom stereocenters. The summed E-state index contributed by atoms with van der Waals surface area (Å²) in [5, 5.41) is 2.35. The van der Waals surface area contributed by atoms with Crippen LogP contribution < -0.4 is 11.5 Å². The highest BCUT2D eigenvalue weighted by Gasteiger charge is 2.10. The maximum absolute atomic E-state index is 5.61. The smallest absolute Gasteiger partial charge is 0.177 e. The summed E-state index contributed by atoms with van der Waals surface area (Å²) in [7, 11) is 0. The molecule has 6 rings (SSSR count). The number of hydrogen-bond acceptors (Lipinski definition) is 6. The zero-order chi connectivity index (χ0) is 27.9. The van der Waals surface area contributed by atoms with Crippen LogP contribution in [0.4, 0.5) is 0 Å². The highest BCUT2D eigenvalue weighted by Crippen LogP contribution is 2.30. The number of aromatic amines is 2. The molecular formula is C32H34N8. The largest absolute Gasteiger partial charge is 0.341 e. The average molecular weight is 531 g/mol. The number of imidazole rings is 2. The van der Waals surface area contributed by atoms with Crippen LogP contribution in [-0.2, 0) is 12.8 Å². The third-order valence-corrected chi connectivity index (χ3v) is 7.02. The minimum atomic E-state index is 0.708. The number of nitrogens with one attached hydrogen (secondary N) is 2. The Kier molecular flexibility index (Phi) is 8.45. The normalized spacial score (nSPS) is 11.2. The summed E-state index contributed by atoms with van der Waals surface area (Å²) in [4.78, 5) is 25.3. The molecule has 0 aliphatic rings. The minimum Gasteiger partial charge on any atom is -0.341 e. The second kappa shape index (κ2) is 12.5. The molecule has 8 heteroatoms. The first kappa shape index (κ1) is 27.0. The van der Waals surface area contributed by atoms with Gasteiger partial charge in [0, 0.05) is 36.4 Å². The lowest BCUT2D eigenvalue weighted by Crippen LogP contribution is -1.99. The summed E-state index contributed by atoms with van der Waals surface area (Å²) in [6, 6.07) is 17.3. The number of hydrogen-bond donors (Lipinski definition) is 4. The van der Waals surface area contributed by atoms with Gasteiger partial charge in [-0.15, -0.1) is 12.8 Å². The zero-order valence-corrected chi connectivity index (χ0v) is 22.5. The van der Waals surface area contributed by atoms with Crippen LogP contribution in [0.5, 0.6) is 0 Å². The number of terminal acetylenes is 1. The van der Waals surface area contributed by atoms with Crippen molar-refractivity contribution >= 4 is 33.1 Å². The lowest BCUT2D eigenvalue weighted by Gasteiger charge is -2.07. The van der Waals surface area contributed by atoms with Gasteiger partial charge in [-0.25, -0.2) is 19.9 Å². The van der Waals surface area contributed by atoms with Crippen molar-refractivity contribution < 1.29 is 0 Å². The maximum Gasteiger partial charge on any atom is 0.177 e. The van der Waals surface area contributed by atoms with E-state index in [9.17, 15) is 0 Å². The summed E-state index contributed by atoms with van der Waals surface area (Å²) in [5.74, 6) is 1.93. The van der Waals surface area contributed by atoms with Gasteiger partial charge in [-0.05, 0) is 84.9 Å². The number of rotatable bonds is 10. The van der Waals surface area contributed by atoms with Gasteiger partial charge in [0.15, 0.2) is 11.3 Å². The maximum atomic E-state index is 5.61. The zero-order valence-electron chi connectivity index (χ0n) is 22.5. The number of benzene rings is 2. The summed E-state index contributed by atoms with van der Waals surface area (Å²) < 4.78 is 0. The van der Waals surface area contributed by atoms with Crippen molar-refractivity contribution in [1.29, 1.82) is 0 Å². The molecule has 0 radical (unpaired) electrons. The Morgan fingerprint density at radius 1 is 0.575 bits per heavy atom. The fourth-order valence-corrected chi connectivity index (χ4v) is 4.93. The molecule has 6 N–H and O–H groups in total. The van der Waals surface area contributed by atoms with Crippen LogP contribution >= 0.6 is 0 Å². The number of aryl methyl sites for hydroxylation is 2. The molecule has 2 aromatic carbocycles. The number of unbranched alkanes of at least 4 members (excludes halogenated alkanes) is 2. The van der Waals surface area contributed by atoms with E-state index in [1.165, 1.54) is 10.8 Å². The van der Waals surface area contributed by atoms with Crippen molar-refractivity contribution in [3.05, 3.63) is 72.6 Å². The van der Waals surface area contributed by atoms with Gasteiger partial charge in [0.1, 0.15) is 11.6 Å². The van der Waals surface area contributed by atoms with Gasteiger partial charge in [-0.3, -0.25) is 0 Å². The molecule has 0 saturated carbocycles. The molecule has 8 nitrogen and oxygen atoms in total. The third-order valence-electron chi connectivity index (χ3n) is 7.02. The molecule has 0 atom stereocenters. The van der Waals surface area contributed by atoms with Crippen LogP contribution in [0, 0.1) is 12.8 Å². The molecule has 0 aliphatic carbocycles. The second-order valence-electron chi connectivity index (χ2n) is 9.83. The van der Waals surface area contributed by atoms with Crippen molar-refractivity contribution in [1.82, 2.24) is 29.9 Å². The standard InChI is InChI=1S/C30H32N8.C2H2/c31-11-3-1-5-27-35-25-15-23(17-33-29(25)37-27)21-9-7-20-14-22(10-8-19(20)13-21)24-16-26-30(34-18-24)38-28(36-26)6-2-4-12-32;1-2/h7-10,13-18H,1-6,11-12,31-32H2,(H,33,35,37)(H,34,36,38);1-2H. The molecule has 6 aromatic rings. The Balaban J connectivity index is 0.00000158. The Labute approximate surface area is 233 Å². The average Bonchev–Trinajstić information content (AvgIpc) is 3.60. The topological polar surface area (TPSA) is 135 Å². The van der Waals surface area contributed by atoms with Crippen LogP contribution in [0.25, 0.3) is 55.4 Å². The van der Waals surface area contributed by atoms with Crippen LogP contribution in [0.2, 0.25) is 0 Å². The molecule has 0 amide bonds. The monoisotopic (exact) mass is 530 g/mol. The van der Waals surface area contributed by atoms with Crippen LogP contribution in [0.1, 0.15) is 37.3 Å². The number of H-pyrrole nitrogens is 2. The van der Waals surface area contributed by atoms with E-state index < -0.39 is 0 Å². The van der Waals surface area contributed by atoms with E-state index in [4.69, 9.17) is 11.5 Å². The van der Waals surface area contributed by atoms with Gasteiger partial charge in [-0.2, -0.15) is 0 Å². The quantitative estimate of drug-likeness (QED) is 0.136. The van der Waals surface area contributed by atoms with Gasteiger partial charge in [0.2, 0.25) is 0 Å². The fraction of sp³-hybridized carbons (Fsp3) is 0.250. The minimum absolute atomic E-state index is 0.708. The van der Waals surface area contributed by atoms with E-state index >= 15 is 0 Å². The summed E-state index contributed by atoms with van der Waals surface area (Å²) >= 11 is 0. The number of nitrogens with two attached hydrogens (primary N) is 2. The first-order valence-electron chi connectivity index (χ1n) is 13.7. The predicted octanol–water partition coefficient (Wildman–Crippen LogP) is 5.53. The Morgan fingerprint density at radius 2 is 1.02 bits per heavy atom. The molecule has 202 valence electrons. The van der Waals surface area contributed by atoms with Gasteiger partial charge in [0.25, 0.3) is 0 Å². The predicted molar refractivity (Wildman–Crippen MR) is 164 cm³/mol. The molecule has 4 aromatic heterocycles. The Hall–Kier alpha value is -4.58. The van der Waals surface area contributed by atoms with Crippen molar-refractivity contribution in [2.24, 2.45) is 11.5 Å². The molecule has 0 bridgehead atoms. The SMILES string of the molecule is C#C.NCCCCc1nc2ncc(-c3ccc4cc(-c5cnc6nc(CCCCN)[nH]c6c5)ccc4c3)cc2[nH]1. The van der Waals surface area contributed by atoms with E-state index in [1.807, 2.05) is 12.4 Å².